The highest BCUT2D eigenvalue weighted by Crippen LogP contribution is 2.36. The lowest BCUT2D eigenvalue weighted by atomic mass is 9.86. The Kier molecular flexibility index (Phi) is 6.36. The zero-order valence-corrected chi connectivity index (χ0v) is 18.6. The lowest BCUT2D eigenvalue weighted by Crippen LogP contribution is -2.43. The van der Waals surface area contributed by atoms with E-state index in [1.807, 2.05) is 0 Å². The molecule has 3 nitrogen and oxygen atoms in total. The van der Waals surface area contributed by atoms with Gasteiger partial charge in [-0.3, -0.25) is 9.69 Å². The van der Waals surface area contributed by atoms with Crippen LogP contribution in [0.4, 0.5) is 0 Å². The van der Waals surface area contributed by atoms with Crippen LogP contribution in [0.5, 0.6) is 0 Å². The van der Waals surface area contributed by atoms with E-state index in [0.29, 0.717) is 11.8 Å². The molecule has 0 radical (unpaired) electrons. The van der Waals surface area contributed by atoms with Crippen molar-refractivity contribution < 1.29 is 4.79 Å². The average molecular weight is 425 g/mol. The zero-order valence-electron chi connectivity index (χ0n) is 18.6. The smallest absolute Gasteiger partial charge is 0.227 e. The van der Waals surface area contributed by atoms with E-state index >= 15 is 0 Å². The first-order valence-electron chi connectivity index (χ1n) is 11.9. The van der Waals surface area contributed by atoms with Gasteiger partial charge < -0.3 is 4.90 Å². The molecule has 2 saturated heterocycles. The molecule has 0 spiro atoms. The minimum Gasteiger partial charge on any atom is -0.342 e. The number of hydrogen-bond donors (Lipinski definition) is 0. The molecule has 2 atom stereocenters. The van der Waals surface area contributed by atoms with Crippen molar-refractivity contribution in [3.8, 4) is 0 Å². The SMILES string of the molecule is O=C([C@H]1CN(Cc2ccccc2)CC1c1ccccc1)N1CCC(c2ccccc2)CC1. The van der Waals surface area contributed by atoms with Gasteiger partial charge >= 0.3 is 0 Å². The fraction of sp³-hybridized carbons (Fsp3) is 0.345. The van der Waals surface area contributed by atoms with Crippen molar-refractivity contribution in [3.05, 3.63) is 108 Å². The summed E-state index contributed by atoms with van der Waals surface area (Å²) in [7, 11) is 0. The lowest BCUT2D eigenvalue weighted by Gasteiger charge is -2.35. The summed E-state index contributed by atoms with van der Waals surface area (Å²) in [4.78, 5) is 18.3. The van der Waals surface area contributed by atoms with Gasteiger partial charge in [0.25, 0.3) is 0 Å². The quantitative estimate of drug-likeness (QED) is 0.554. The summed E-state index contributed by atoms with van der Waals surface area (Å²) in [6.45, 7) is 4.43. The van der Waals surface area contributed by atoms with Gasteiger partial charge in [0.1, 0.15) is 0 Å². The molecule has 3 aromatic carbocycles. The number of carbonyl (C=O) groups excluding carboxylic acids is 1. The Morgan fingerprint density at radius 2 is 1.28 bits per heavy atom. The van der Waals surface area contributed by atoms with E-state index in [9.17, 15) is 4.79 Å². The largest absolute Gasteiger partial charge is 0.342 e. The van der Waals surface area contributed by atoms with Crippen LogP contribution in [0.15, 0.2) is 91.0 Å². The monoisotopic (exact) mass is 424 g/mol. The molecule has 0 saturated carbocycles. The maximum atomic E-state index is 13.7. The first-order valence-corrected chi connectivity index (χ1v) is 11.9. The maximum absolute atomic E-state index is 13.7. The van der Waals surface area contributed by atoms with E-state index in [0.717, 1.165) is 45.6 Å². The summed E-state index contributed by atoms with van der Waals surface area (Å²) in [5.74, 6) is 1.22. The summed E-state index contributed by atoms with van der Waals surface area (Å²) < 4.78 is 0. The van der Waals surface area contributed by atoms with E-state index in [1.54, 1.807) is 0 Å². The van der Waals surface area contributed by atoms with Crippen LogP contribution in [0.2, 0.25) is 0 Å². The number of nitrogens with zero attached hydrogens (tertiary/aromatic N) is 2. The minimum absolute atomic E-state index is 0.0365. The Labute approximate surface area is 191 Å². The Balaban J connectivity index is 1.29. The van der Waals surface area contributed by atoms with Crippen LogP contribution >= 0.6 is 0 Å². The number of rotatable bonds is 5. The second-order valence-corrected chi connectivity index (χ2v) is 9.31. The highest BCUT2D eigenvalue weighted by atomic mass is 16.2. The van der Waals surface area contributed by atoms with E-state index in [2.05, 4.69) is 101 Å². The Morgan fingerprint density at radius 3 is 1.91 bits per heavy atom. The number of hydrogen-bond acceptors (Lipinski definition) is 2. The van der Waals surface area contributed by atoms with Crippen molar-refractivity contribution in [2.75, 3.05) is 26.2 Å². The second-order valence-electron chi connectivity index (χ2n) is 9.31. The number of piperidine rings is 1. The van der Waals surface area contributed by atoms with Gasteiger partial charge in [0.2, 0.25) is 5.91 Å². The van der Waals surface area contributed by atoms with Gasteiger partial charge in [0, 0.05) is 38.6 Å². The molecule has 0 aromatic heterocycles. The number of amides is 1. The summed E-state index contributed by atoms with van der Waals surface area (Å²) in [5.41, 5.74) is 4.02. The molecule has 164 valence electrons. The third-order valence-corrected chi connectivity index (χ3v) is 7.27. The molecular formula is C29H32N2O. The van der Waals surface area contributed by atoms with Gasteiger partial charge in [-0.15, -0.1) is 0 Å². The third-order valence-electron chi connectivity index (χ3n) is 7.27. The van der Waals surface area contributed by atoms with Gasteiger partial charge in [-0.2, -0.15) is 0 Å². The average Bonchev–Trinajstić information content (AvgIpc) is 3.29. The molecule has 2 fully saturated rings. The molecule has 0 aliphatic carbocycles. The second kappa shape index (κ2) is 9.70. The molecular weight excluding hydrogens is 392 g/mol. The molecule has 2 heterocycles. The summed E-state index contributed by atoms with van der Waals surface area (Å²) in [6, 6.07) is 32.0. The molecule has 3 heteroatoms. The van der Waals surface area contributed by atoms with E-state index in [4.69, 9.17) is 0 Å². The van der Waals surface area contributed by atoms with Gasteiger partial charge in [0.05, 0.1) is 5.92 Å². The maximum Gasteiger partial charge on any atom is 0.227 e. The topological polar surface area (TPSA) is 23.6 Å². The molecule has 0 N–H and O–H groups in total. The van der Waals surface area contributed by atoms with Crippen LogP contribution in [0.3, 0.4) is 0 Å². The summed E-state index contributed by atoms with van der Waals surface area (Å²) in [6.07, 6.45) is 2.12. The Hall–Kier alpha value is -2.91. The van der Waals surface area contributed by atoms with Crippen molar-refractivity contribution in [1.82, 2.24) is 9.80 Å². The molecule has 0 bridgehead atoms. The lowest BCUT2D eigenvalue weighted by molar-refractivity contribution is -0.136. The van der Waals surface area contributed by atoms with Gasteiger partial charge in [-0.05, 0) is 35.4 Å². The zero-order chi connectivity index (χ0) is 21.8. The standard InChI is InChI=1S/C29H32N2O/c32-29(31-18-16-25(17-19-31)24-12-6-2-7-13-24)28-22-30(20-23-10-4-1-5-11-23)21-27(28)26-14-8-3-9-15-26/h1-15,25,27-28H,16-22H2/t27?,28-/m0/s1. The van der Waals surface area contributed by atoms with Gasteiger partial charge in [-0.25, -0.2) is 0 Å². The van der Waals surface area contributed by atoms with Crippen molar-refractivity contribution in [2.24, 2.45) is 5.92 Å². The van der Waals surface area contributed by atoms with Crippen LogP contribution in [0.25, 0.3) is 0 Å². The predicted molar refractivity (Wildman–Crippen MR) is 129 cm³/mol. The molecule has 32 heavy (non-hydrogen) atoms. The third kappa shape index (κ3) is 4.63. The Bertz CT molecular complexity index is 997. The fourth-order valence-electron chi connectivity index (χ4n) is 5.54. The summed E-state index contributed by atoms with van der Waals surface area (Å²) in [5, 5.41) is 0. The van der Waals surface area contributed by atoms with Crippen LogP contribution in [0, 0.1) is 5.92 Å². The molecule has 3 aromatic rings. The van der Waals surface area contributed by atoms with Crippen molar-refractivity contribution in [2.45, 2.75) is 31.2 Å². The molecule has 1 amide bonds. The van der Waals surface area contributed by atoms with Crippen LogP contribution in [-0.4, -0.2) is 41.9 Å². The van der Waals surface area contributed by atoms with E-state index in [-0.39, 0.29) is 11.8 Å². The van der Waals surface area contributed by atoms with E-state index in [1.165, 1.54) is 16.7 Å². The number of benzene rings is 3. The fourth-order valence-corrected chi connectivity index (χ4v) is 5.54. The van der Waals surface area contributed by atoms with Crippen molar-refractivity contribution >= 4 is 5.91 Å². The highest BCUT2D eigenvalue weighted by molar-refractivity contribution is 5.81. The van der Waals surface area contributed by atoms with Crippen molar-refractivity contribution in [1.29, 1.82) is 0 Å². The summed E-state index contributed by atoms with van der Waals surface area (Å²) >= 11 is 0. The highest BCUT2D eigenvalue weighted by Gasteiger charge is 2.40. The molecule has 2 aliphatic rings. The Morgan fingerprint density at radius 1 is 0.719 bits per heavy atom. The first-order chi connectivity index (χ1) is 15.8. The van der Waals surface area contributed by atoms with Gasteiger partial charge in [-0.1, -0.05) is 91.0 Å². The number of carbonyl (C=O) groups is 1. The van der Waals surface area contributed by atoms with E-state index < -0.39 is 0 Å². The van der Waals surface area contributed by atoms with Crippen LogP contribution < -0.4 is 0 Å². The molecule has 5 rings (SSSR count). The predicted octanol–water partition coefficient (Wildman–Crippen LogP) is 5.31. The van der Waals surface area contributed by atoms with Crippen molar-refractivity contribution in [3.63, 3.8) is 0 Å². The normalized spacial score (nSPS) is 22.2. The minimum atomic E-state index is 0.0365. The number of likely N-dealkylation sites (tertiary alicyclic amines) is 2. The van der Waals surface area contributed by atoms with Gasteiger partial charge in [0.15, 0.2) is 0 Å². The molecule has 2 aliphatic heterocycles. The van der Waals surface area contributed by atoms with Crippen LogP contribution in [0.1, 0.15) is 41.4 Å². The first kappa shape index (κ1) is 21.0. The van der Waals surface area contributed by atoms with Crippen LogP contribution in [-0.2, 0) is 11.3 Å². The molecule has 1 unspecified atom stereocenters.